The van der Waals surface area contributed by atoms with E-state index in [0.717, 1.165) is 11.4 Å². The van der Waals surface area contributed by atoms with Gasteiger partial charge in [-0.15, -0.1) is 0 Å². The zero-order valence-electron chi connectivity index (χ0n) is 11.8. The monoisotopic (exact) mass is 288 g/mol. The molecule has 0 unspecified atom stereocenters. The number of rotatable bonds is 5. The van der Waals surface area contributed by atoms with Crippen molar-refractivity contribution in [3.05, 3.63) is 47.3 Å². The van der Waals surface area contributed by atoms with Gasteiger partial charge in [0.05, 0.1) is 18.6 Å². The van der Waals surface area contributed by atoms with E-state index in [9.17, 15) is 9.59 Å². The Morgan fingerprint density at radius 1 is 1.38 bits per heavy atom. The van der Waals surface area contributed by atoms with E-state index in [1.807, 2.05) is 32.0 Å². The van der Waals surface area contributed by atoms with Crippen LogP contribution in [0.25, 0.3) is 0 Å². The number of nitrogens with zero attached hydrogens (tertiary/aromatic N) is 3. The number of aromatic nitrogens is 3. The molecule has 7 heteroatoms. The van der Waals surface area contributed by atoms with Gasteiger partial charge in [0.2, 0.25) is 0 Å². The van der Waals surface area contributed by atoms with Crippen molar-refractivity contribution in [1.29, 1.82) is 0 Å². The predicted molar refractivity (Wildman–Crippen MR) is 74.9 cm³/mol. The second-order valence-corrected chi connectivity index (χ2v) is 4.52. The molecule has 21 heavy (non-hydrogen) atoms. The number of H-pyrrole nitrogens is 1. The van der Waals surface area contributed by atoms with Gasteiger partial charge in [-0.1, -0.05) is 6.07 Å². The summed E-state index contributed by atoms with van der Waals surface area (Å²) in [4.78, 5) is 35.6. The third-order valence-corrected chi connectivity index (χ3v) is 3.02. The number of aromatic carboxylic acids is 1. The van der Waals surface area contributed by atoms with Crippen LogP contribution in [-0.2, 0) is 6.54 Å². The molecule has 0 aliphatic rings. The first-order chi connectivity index (χ1) is 10.0. The van der Waals surface area contributed by atoms with Gasteiger partial charge >= 0.3 is 5.97 Å². The zero-order chi connectivity index (χ0) is 15.4. The Kier molecular flexibility index (Phi) is 4.32. The second-order valence-electron chi connectivity index (χ2n) is 4.52. The van der Waals surface area contributed by atoms with Crippen LogP contribution < -0.4 is 0 Å². The third-order valence-electron chi connectivity index (χ3n) is 3.02. The van der Waals surface area contributed by atoms with Gasteiger partial charge in [-0.05, 0) is 26.0 Å². The molecule has 0 fully saturated rings. The minimum absolute atomic E-state index is 0.0861. The highest BCUT2D eigenvalue weighted by molar-refractivity contribution is 6.02. The number of pyridine rings is 1. The van der Waals surface area contributed by atoms with Crippen LogP contribution in [0.3, 0.4) is 0 Å². The molecule has 110 valence electrons. The zero-order valence-corrected chi connectivity index (χ0v) is 11.8. The van der Waals surface area contributed by atoms with Crippen molar-refractivity contribution in [3.8, 4) is 0 Å². The number of carboxylic acid groups (broad SMARTS) is 1. The molecular formula is C14H16N4O3. The van der Waals surface area contributed by atoms with Gasteiger partial charge in [0.1, 0.15) is 0 Å². The second kappa shape index (κ2) is 6.17. The lowest BCUT2D eigenvalue weighted by atomic mass is 10.2. The molecule has 0 aliphatic heterocycles. The van der Waals surface area contributed by atoms with E-state index in [1.165, 1.54) is 11.2 Å². The molecule has 0 spiro atoms. The number of carbonyl (C=O) groups is 2. The van der Waals surface area contributed by atoms with Crippen molar-refractivity contribution in [1.82, 2.24) is 19.9 Å². The normalized spacial score (nSPS) is 10.4. The summed E-state index contributed by atoms with van der Waals surface area (Å²) >= 11 is 0. The molecule has 7 nitrogen and oxygen atoms in total. The minimum atomic E-state index is -1.21. The first kappa shape index (κ1) is 14.7. The van der Waals surface area contributed by atoms with E-state index in [2.05, 4.69) is 15.0 Å². The number of carboxylic acids is 1. The average Bonchev–Trinajstić information content (AvgIpc) is 2.93. The topological polar surface area (TPSA) is 99.2 Å². The highest BCUT2D eigenvalue weighted by Crippen LogP contribution is 2.10. The van der Waals surface area contributed by atoms with E-state index >= 15 is 0 Å². The van der Waals surface area contributed by atoms with Gasteiger partial charge in [-0.3, -0.25) is 9.78 Å². The van der Waals surface area contributed by atoms with E-state index in [1.54, 1.807) is 0 Å². The van der Waals surface area contributed by atoms with Crippen LogP contribution in [0.4, 0.5) is 0 Å². The summed E-state index contributed by atoms with van der Waals surface area (Å²) in [5.41, 5.74) is 1.33. The molecule has 2 aromatic rings. The van der Waals surface area contributed by atoms with Crippen LogP contribution >= 0.6 is 0 Å². The number of aryl methyl sites for hydroxylation is 1. The molecule has 0 saturated heterocycles. The van der Waals surface area contributed by atoms with Crippen LogP contribution in [0, 0.1) is 6.92 Å². The highest BCUT2D eigenvalue weighted by Gasteiger charge is 2.24. The molecule has 2 aromatic heterocycles. The minimum Gasteiger partial charge on any atom is -0.477 e. The predicted octanol–water partition coefficient (Wildman–Crippen LogP) is 1.47. The first-order valence-corrected chi connectivity index (χ1v) is 6.51. The number of carbonyl (C=O) groups excluding carboxylic acids is 1. The summed E-state index contributed by atoms with van der Waals surface area (Å²) in [5.74, 6) is -1.64. The maximum absolute atomic E-state index is 12.4. The van der Waals surface area contributed by atoms with Gasteiger partial charge in [0.25, 0.3) is 5.91 Å². The number of hydrogen-bond donors (Lipinski definition) is 2. The lowest BCUT2D eigenvalue weighted by Gasteiger charge is -2.19. The van der Waals surface area contributed by atoms with Crippen molar-refractivity contribution in [2.75, 3.05) is 6.54 Å². The third kappa shape index (κ3) is 3.25. The fourth-order valence-electron chi connectivity index (χ4n) is 1.98. The van der Waals surface area contributed by atoms with Crippen LogP contribution in [0.5, 0.6) is 0 Å². The van der Waals surface area contributed by atoms with Gasteiger partial charge in [0.15, 0.2) is 11.4 Å². The Morgan fingerprint density at radius 2 is 2.14 bits per heavy atom. The molecule has 0 aromatic carbocycles. The first-order valence-electron chi connectivity index (χ1n) is 6.51. The lowest BCUT2D eigenvalue weighted by Crippen LogP contribution is -2.32. The largest absolute Gasteiger partial charge is 0.477 e. The summed E-state index contributed by atoms with van der Waals surface area (Å²) < 4.78 is 0. The number of nitrogens with one attached hydrogen (secondary N) is 1. The number of imidazole rings is 1. The smallest absolute Gasteiger partial charge is 0.354 e. The fourth-order valence-corrected chi connectivity index (χ4v) is 1.98. The molecule has 0 radical (unpaired) electrons. The Hall–Kier alpha value is -2.70. The average molecular weight is 288 g/mol. The number of hydrogen-bond acceptors (Lipinski definition) is 4. The molecule has 0 atom stereocenters. The van der Waals surface area contributed by atoms with E-state index in [4.69, 9.17) is 5.11 Å². The molecule has 0 bridgehead atoms. The SMILES string of the molecule is CCN(Cc1cccc(C)n1)C(=O)c1nc[nH]c1C(=O)O. The van der Waals surface area contributed by atoms with Crippen molar-refractivity contribution in [2.45, 2.75) is 20.4 Å². The summed E-state index contributed by atoms with van der Waals surface area (Å²) in [6.07, 6.45) is 1.20. The summed E-state index contributed by atoms with van der Waals surface area (Å²) in [5, 5.41) is 9.03. The van der Waals surface area contributed by atoms with Crippen LogP contribution in [0.1, 0.15) is 39.3 Å². The molecular weight excluding hydrogens is 272 g/mol. The molecule has 2 rings (SSSR count). The molecule has 0 aliphatic carbocycles. The molecule has 2 heterocycles. The Morgan fingerprint density at radius 3 is 2.76 bits per heavy atom. The molecule has 2 N–H and O–H groups in total. The van der Waals surface area contributed by atoms with Gasteiger partial charge in [-0.25, -0.2) is 9.78 Å². The van der Waals surface area contributed by atoms with E-state index in [-0.39, 0.29) is 11.4 Å². The highest BCUT2D eigenvalue weighted by atomic mass is 16.4. The Balaban J connectivity index is 2.23. The number of amides is 1. The quantitative estimate of drug-likeness (QED) is 0.868. The van der Waals surface area contributed by atoms with Gasteiger partial charge in [0, 0.05) is 12.2 Å². The van der Waals surface area contributed by atoms with E-state index in [0.29, 0.717) is 13.1 Å². The molecule has 1 amide bonds. The summed E-state index contributed by atoms with van der Waals surface area (Å²) in [7, 11) is 0. The van der Waals surface area contributed by atoms with Gasteiger partial charge in [-0.2, -0.15) is 0 Å². The van der Waals surface area contributed by atoms with Crippen molar-refractivity contribution in [2.24, 2.45) is 0 Å². The van der Waals surface area contributed by atoms with Crippen LogP contribution in [0.2, 0.25) is 0 Å². The van der Waals surface area contributed by atoms with Crippen molar-refractivity contribution in [3.63, 3.8) is 0 Å². The Labute approximate surface area is 121 Å². The maximum atomic E-state index is 12.4. The van der Waals surface area contributed by atoms with Crippen LogP contribution in [0.15, 0.2) is 24.5 Å². The summed E-state index contributed by atoms with van der Waals surface area (Å²) in [6.45, 7) is 4.43. The van der Waals surface area contributed by atoms with Crippen molar-refractivity contribution >= 4 is 11.9 Å². The fraction of sp³-hybridized carbons (Fsp3) is 0.286. The lowest BCUT2D eigenvalue weighted by molar-refractivity contribution is 0.0667. The standard InChI is InChI=1S/C14H16N4O3/c1-3-18(7-10-6-4-5-9(2)17-10)13(19)11-12(14(20)21)16-8-15-11/h4-6,8H,3,7H2,1-2H3,(H,15,16)(H,20,21). The number of aromatic amines is 1. The van der Waals surface area contributed by atoms with E-state index < -0.39 is 11.9 Å². The Bertz CT molecular complexity index is 666. The maximum Gasteiger partial charge on any atom is 0.354 e. The van der Waals surface area contributed by atoms with Crippen molar-refractivity contribution < 1.29 is 14.7 Å². The van der Waals surface area contributed by atoms with Gasteiger partial charge < -0.3 is 15.0 Å². The summed E-state index contributed by atoms with van der Waals surface area (Å²) in [6, 6.07) is 5.57. The van der Waals surface area contributed by atoms with Crippen LogP contribution in [-0.4, -0.2) is 43.4 Å². The molecule has 0 saturated carbocycles.